The first-order chi connectivity index (χ1) is 6.57. The van der Waals surface area contributed by atoms with Gasteiger partial charge in [0.05, 0.1) is 6.10 Å². The molecule has 0 saturated heterocycles. The molecule has 4 heteroatoms. The van der Waals surface area contributed by atoms with Crippen LogP contribution in [0.15, 0.2) is 16.6 Å². The molecule has 14 heavy (non-hydrogen) atoms. The molecule has 78 valence electrons. The Hall–Kier alpha value is -0.450. The minimum Gasteiger partial charge on any atom is -0.387 e. The molecule has 1 aromatic rings. The Labute approximate surface area is 91.3 Å². The molecule has 0 aliphatic heterocycles. The summed E-state index contributed by atoms with van der Waals surface area (Å²) in [5.74, 6) is -0.345. The smallest absolute Gasteiger partial charge is 0.133 e. The molecule has 1 rings (SSSR count). The molecule has 0 aromatic heterocycles. The van der Waals surface area contributed by atoms with Gasteiger partial charge < -0.3 is 10.4 Å². The van der Waals surface area contributed by atoms with Gasteiger partial charge in [0.2, 0.25) is 0 Å². The minimum absolute atomic E-state index is 0.319. The summed E-state index contributed by atoms with van der Waals surface area (Å²) in [5.41, 5.74) is 0.859. The average Bonchev–Trinajstić information content (AvgIpc) is 2.13. The van der Waals surface area contributed by atoms with Crippen molar-refractivity contribution in [1.82, 2.24) is 5.32 Å². The van der Waals surface area contributed by atoms with Crippen LogP contribution in [0.5, 0.6) is 0 Å². The van der Waals surface area contributed by atoms with Crippen LogP contribution in [-0.4, -0.2) is 18.7 Å². The fraction of sp³-hybridized carbons (Fsp3) is 0.400. The highest BCUT2D eigenvalue weighted by molar-refractivity contribution is 9.10. The Morgan fingerprint density at radius 1 is 1.57 bits per heavy atom. The molecular weight excluding hydrogens is 249 g/mol. The first-order valence-corrected chi connectivity index (χ1v) is 5.14. The number of likely N-dealkylation sites (N-methyl/N-ethyl adjacent to an activating group) is 1. The third-order valence-corrected chi connectivity index (χ3v) is 2.74. The number of aliphatic hydroxyl groups excluding tert-OH is 1. The van der Waals surface area contributed by atoms with E-state index in [1.807, 2.05) is 0 Å². The van der Waals surface area contributed by atoms with Crippen LogP contribution in [0.2, 0.25) is 0 Å². The molecule has 1 unspecified atom stereocenters. The van der Waals surface area contributed by atoms with Gasteiger partial charge in [0.25, 0.3) is 0 Å². The van der Waals surface area contributed by atoms with E-state index in [-0.39, 0.29) is 5.82 Å². The SMILES string of the molecule is CNCC(O)c1c(Br)ccc(C)c1F. The van der Waals surface area contributed by atoms with Crippen molar-refractivity contribution in [3.63, 3.8) is 0 Å². The lowest BCUT2D eigenvalue weighted by atomic mass is 10.1. The van der Waals surface area contributed by atoms with Crippen LogP contribution in [-0.2, 0) is 0 Å². The molecule has 0 bridgehead atoms. The van der Waals surface area contributed by atoms with Crippen molar-refractivity contribution in [2.45, 2.75) is 13.0 Å². The minimum atomic E-state index is -0.825. The standard InChI is InChI=1S/C10H13BrFNO/c1-6-3-4-7(11)9(10(6)12)8(14)5-13-2/h3-4,8,13-14H,5H2,1-2H3. The maximum atomic E-state index is 13.6. The lowest BCUT2D eigenvalue weighted by Gasteiger charge is -2.14. The van der Waals surface area contributed by atoms with Gasteiger partial charge in [-0.1, -0.05) is 22.0 Å². The summed E-state index contributed by atoms with van der Waals surface area (Å²) in [6.45, 7) is 2.01. The first kappa shape index (κ1) is 11.6. The summed E-state index contributed by atoms with van der Waals surface area (Å²) in [6.07, 6.45) is -0.825. The highest BCUT2D eigenvalue weighted by Crippen LogP contribution is 2.27. The van der Waals surface area contributed by atoms with E-state index in [9.17, 15) is 9.50 Å². The highest BCUT2D eigenvalue weighted by Gasteiger charge is 2.17. The Morgan fingerprint density at radius 3 is 2.79 bits per heavy atom. The van der Waals surface area contributed by atoms with E-state index in [0.29, 0.717) is 22.1 Å². The van der Waals surface area contributed by atoms with E-state index in [1.54, 1.807) is 26.1 Å². The summed E-state index contributed by atoms with van der Waals surface area (Å²) >= 11 is 3.22. The van der Waals surface area contributed by atoms with Gasteiger partial charge in [0, 0.05) is 16.6 Å². The summed E-state index contributed by atoms with van der Waals surface area (Å²) in [7, 11) is 1.71. The lowest BCUT2D eigenvalue weighted by Crippen LogP contribution is -2.18. The van der Waals surface area contributed by atoms with Crippen LogP contribution in [0.1, 0.15) is 17.2 Å². The van der Waals surface area contributed by atoms with Crippen molar-refractivity contribution >= 4 is 15.9 Å². The Balaban J connectivity index is 3.11. The molecule has 0 radical (unpaired) electrons. The quantitative estimate of drug-likeness (QED) is 0.874. The predicted molar refractivity (Wildman–Crippen MR) is 57.7 cm³/mol. The van der Waals surface area contributed by atoms with E-state index in [2.05, 4.69) is 21.2 Å². The number of nitrogens with one attached hydrogen (secondary N) is 1. The third-order valence-electron chi connectivity index (χ3n) is 2.05. The summed E-state index contributed by atoms with van der Waals surface area (Å²) < 4.78 is 14.2. The molecule has 0 heterocycles. The van der Waals surface area contributed by atoms with E-state index in [1.165, 1.54) is 0 Å². The van der Waals surface area contributed by atoms with Gasteiger partial charge in [0.15, 0.2) is 0 Å². The van der Waals surface area contributed by atoms with Crippen LogP contribution >= 0.6 is 15.9 Å². The lowest BCUT2D eigenvalue weighted by molar-refractivity contribution is 0.172. The fourth-order valence-electron chi connectivity index (χ4n) is 1.28. The molecule has 0 amide bonds. The number of benzene rings is 1. The molecule has 2 N–H and O–H groups in total. The monoisotopic (exact) mass is 261 g/mol. The first-order valence-electron chi connectivity index (χ1n) is 4.35. The second-order valence-electron chi connectivity index (χ2n) is 3.17. The van der Waals surface area contributed by atoms with Crippen LogP contribution in [0, 0.1) is 12.7 Å². The third kappa shape index (κ3) is 2.32. The Morgan fingerprint density at radius 2 is 2.21 bits per heavy atom. The maximum absolute atomic E-state index is 13.6. The van der Waals surface area contributed by atoms with Crippen molar-refractivity contribution < 1.29 is 9.50 Å². The topological polar surface area (TPSA) is 32.3 Å². The second kappa shape index (κ2) is 4.87. The second-order valence-corrected chi connectivity index (χ2v) is 4.02. The van der Waals surface area contributed by atoms with Gasteiger partial charge >= 0.3 is 0 Å². The van der Waals surface area contributed by atoms with Gasteiger partial charge in [-0.05, 0) is 25.6 Å². The number of aryl methyl sites for hydroxylation is 1. The zero-order chi connectivity index (χ0) is 10.7. The summed E-state index contributed by atoms with van der Waals surface area (Å²) in [5, 5.41) is 12.5. The van der Waals surface area contributed by atoms with Gasteiger partial charge in [-0.15, -0.1) is 0 Å². The average molecular weight is 262 g/mol. The molecule has 0 fully saturated rings. The van der Waals surface area contributed by atoms with Crippen LogP contribution < -0.4 is 5.32 Å². The largest absolute Gasteiger partial charge is 0.387 e. The highest BCUT2D eigenvalue weighted by atomic mass is 79.9. The van der Waals surface area contributed by atoms with Crippen LogP contribution in [0.25, 0.3) is 0 Å². The van der Waals surface area contributed by atoms with Crippen LogP contribution in [0.3, 0.4) is 0 Å². The normalized spacial score (nSPS) is 12.9. The van der Waals surface area contributed by atoms with Gasteiger partial charge in [-0.2, -0.15) is 0 Å². The predicted octanol–water partition coefficient (Wildman–Crippen LogP) is 2.15. The van der Waals surface area contributed by atoms with E-state index in [0.717, 1.165) is 0 Å². The van der Waals surface area contributed by atoms with Crippen LogP contribution in [0.4, 0.5) is 4.39 Å². The zero-order valence-electron chi connectivity index (χ0n) is 8.14. The maximum Gasteiger partial charge on any atom is 0.133 e. The summed E-state index contributed by atoms with van der Waals surface area (Å²) in [4.78, 5) is 0. The van der Waals surface area contributed by atoms with Crippen molar-refractivity contribution in [2.24, 2.45) is 0 Å². The Kier molecular flexibility index (Phi) is 4.04. The number of halogens is 2. The van der Waals surface area contributed by atoms with Crippen molar-refractivity contribution in [1.29, 1.82) is 0 Å². The van der Waals surface area contributed by atoms with Gasteiger partial charge in [-0.25, -0.2) is 4.39 Å². The molecule has 0 spiro atoms. The molecule has 1 aromatic carbocycles. The number of hydrogen-bond donors (Lipinski definition) is 2. The molecule has 0 saturated carbocycles. The van der Waals surface area contributed by atoms with E-state index < -0.39 is 6.10 Å². The van der Waals surface area contributed by atoms with Gasteiger partial charge in [0.1, 0.15) is 5.82 Å². The molecule has 1 atom stereocenters. The Bertz CT molecular complexity index is 330. The summed E-state index contributed by atoms with van der Waals surface area (Å²) in [6, 6.07) is 3.42. The van der Waals surface area contributed by atoms with Gasteiger partial charge in [-0.3, -0.25) is 0 Å². The van der Waals surface area contributed by atoms with E-state index >= 15 is 0 Å². The zero-order valence-corrected chi connectivity index (χ0v) is 9.73. The molecule has 0 aliphatic rings. The van der Waals surface area contributed by atoms with Crippen molar-refractivity contribution in [2.75, 3.05) is 13.6 Å². The number of rotatable bonds is 3. The molecule has 2 nitrogen and oxygen atoms in total. The fourth-order valence-corrected chi connectivity index (χ4v) is 1.85. The number of hydrogen-bond acceptors (Lipinski definition) is 2. The molecular formula is C10H13BrFNO. The van der Waals surface area contributed by atoms with Crippen molar-refractivity contribution in [3.05, 3.63) is 33.5 Å². The number of aliphatic hydroxyl groups is 1. The molecule has 0 aliphatic carbocycles. The van der Waals surface area contributed by atoms with Crippen molar-refractivity contribution in [3.8, 4) is 0 Å². The van der Waals surface area contributed by atoms with E-state index in [4.69, 9.17) is 0 Å².